The van der Waals surface area contributed by atoms with E-state index in [4.69, 9.17) is 0 Å². The third-order valence-electron chi connectivity index (χ3n) is 12.4. The van der Waals surface area contributed by atoms with Gasteiger partial charge in [0.15, 0.2) is 8.07 Å². The van der Waals surface area contributed by atoms with Gasteiger partial charge in [-0.05, 0) is 110 Å². The summed E-state index contributed by atoms with van der Waals surface area (Å²) in [5.74, 6) is 0. The molecular formula is C57H46N2Si. The molecule has 0 heterocycles. The summed E-state index contributed by atoms with van der Waals surface area (Å²) in [6, 6.07) is 89.5. The maximum atomic E-state index is 2.48. The molecule has 0 fully saturated rings. The molecular weight excluding hydrogens is 741 g/mol. The van der Waals surface area contributed by atoms with Gasteiger partial charge in [0.2, 0.25) is 0 Å². The third kappa shape index (κ3) is 6.26. The van der Waals surface area contributed by atoms with Gasteiger partial charge in [-0.15, -0.1) is 0 Å². The first-order valence-corrected chi connectivity index (χ1v) is 22.9. The molecule has 0 saturated heterocycles. The Morgan fingerprint density at radius 1 is 0.317 bits per heavy atom. The fourth-order valence-corrected chi connectivity index (χ4v) is 14.6. The zero-order valence-electron chi connectivity index (χ0n) is 34.0. The predicted octanol–water partition coefficient (Wildman–Crippen LogP) is 12.3. The Morgan fingerprint density at radius 3 is 1.35 bits per heavy atom. The number of para-hydroxylation sites is 4. The van der Waals surface area contributed by atoms with Crippen LogP contribution < -0.4 is 30.5 Å². The highest BCUT2D eigenvalue weighted by Crippen LogP contribution is 2.50. The Bertz CT molecular complexity index is 2810. The molecule has 0 atom stereocenters. The van der Waals surface area contributed by atoms with Gasteiger partial charge in [0.25, 0.3) is 0 Å². The summed E-state index contributed by atoms with van der Waals surface area (Å²) in [7, 11) is -3.10. The SMILES string of the molecule is CC1(C)c2ccccc2-c2ccc(N(c3ccccc3)c3cccc([Si](c4ccccc4)(c4ccccc4)c4ccccc4N(c4ccccc4)c4ccccc4)c3)cc21. The topological polar surface area (TPSA) is 6.48 Å². The van der Waals surface area contributed by atoms with Crippen LogP contribution in [0.4, 0.5) is 34.1 Å². The van der Waals surface area contributed by atoms with Crippen molar-refractivity contribution in [1.82, 2.24) is 0 Å². The lowest BCUT2D eigenvalue weighted by Gasteiger charge is -2.39. The van der Waals surface area contributed by atoms with Crippen molar-refractivity contribution in [3.63, 3.8) is 0 Å². The molecule has 0 saturated carbocycles. The van der Waals surface area contributed by atoms with Gasteiger partial charge in [-0.2, -0.15) is 0 Å². The maximum absolute atomic E-state index is 3.10. The first-order valence-electron chi connectivity index (χ1n) is 20.9. The van der Waals surface area contributed by atoms with E-state index in [1.165, 1.54) is 48.7 Å². The van der Waals surface area contributed by atoms with Crippen LogP contribution >= 0.6 is 0 Å². The van der Waals surface area contributed by atoms with Crippen molar-refractivity contribution in [3.8, 4) is 11.1 Å². The van der Waals surface area contributed by atoms with Crippen LogP contribution in [0.3, 0.4) is 0 Å². The lowest BCUT2D eigenvalue weighted by atomic mass is 9.82. The van der Waals surface area contributed by atoms with Crippen LogP contribution in [0.15, 0.2) is 243 Å². The second kappa shape index (κ2) is 15.5. The molecule has 2 nitrogen and oxygen atoms in total. The molecule has 0 aromatic heterocycles. The lowest BCUT2D eigenvalue weighted by molar-refractivity contribution is 0.660. The lowest BCUT2D eigenvalue weighted by Crippen LogP contribution is -2.75. The Hall–Kier alpha value is -7.20. The molecule has 1 aliphatic rings. The number of hydrogen-bond acceptors (Lipinski definition) is 2. The minimum atomic E-state index is -3.10. The van der Waals surface area contributed by atoms with Crippen LogP contribution in [-0.4, -0.2) is 8.07 Å². The number of rotatable bonds is 10. The number of benzene rings is 9. The van der Waals surface area contributed by atoms with Crippen molar-refractivity contribution in [2.75, 3.05) is 9.80 Å². The molecule has 60 heavy (non-hydrogen) atoms. The Balaban J connectivity index is 1.24. The molecule has 0 radical (unpaired) electrons. The smallest absolute Gasteiger partial charge is 0.181 e. The normalized spacial score (nSPS) is 12.6. The number of nitrogens with zero attached hydrogens (tertiary/aromatic N) is 2. The van der Waals surface area contributed by atoms with Crippen LogP contribution in [0.5, 0.6) is 0 Å². The van der Waals surface area contributed by atoms with Crippen molar-refractivity contribution in [2.45, 2.75) is 19.3 Å². The highest BCUT2D eigenvalue weighted by Gasteiger charge is 2.44. The van der Waals surface area contributed by atoms with Crippen LogP contribution in [0.25, 0.3) is 11.1 Å². The molecule has 10 rings (SSSR count). The van der Waals surface area contributed by atoms with Gasteiger partial charge in [-0.25, -0.2) is 0 Å². The molecule has 1 aliphatic carbocycles. The fourth-order valence-electron chi connectivity index (χ4n) is 9.64. The zero-order valence-corrected chi connectivity index (χ0v) is 35.0. The predicted molar refractivity (Wildman–Crippen MR) is 257 cm³/mol. The van der Waals surface area contributed by atoms with Crippen LogP contribution in [0.2, 0.25) is 0 Å². The summed E-state index contributed by atoms with van der Waals surface area (Å²) in [4.78, 5) is 4.89. The molecule has 3 heteroatoms. The van der Waals surface area contributed by atoms with Gasteiger partial charge in [0.05, 0.1) is 0 Å². The van der Waals surface area contributed by atoms with E-state index < -0.39 is 8.07 Å². The summed E-state index contributed by atoms with van der Waals surface area (Å²) >= 11 is 0. The van der Waals surface area contributed by atoms with E-state index >= 15 is 0 Å². The minimum Gasteiger partial charge on any atom is -0.311 e. The van der Waals surface area contributed by atoms with Gasteiger partial charge < -0.3 is 9.80 Å². The van der Waals surface area contributed by atoms with Crippen molar-refractivity contribution in [3.05, 3.63) is 254 Å². The van der Waals surface area contributed by atoms with E-state index in [0.717, 1.165) is 28.4 Å². The van der Waals surface area contributed by atoms with Crippen molar-refractivity contribution in [1.29, 1.82) is 0 Å². The molecule has 0 bridgehead atoms. The fraction of sp³-hybridized carbons (Fsp3) is 0.0526. The van der Waals surface area contributed by atoms with Crippen LogP contribution in [0.1, 0.15) is 25.0 Å². The van der Waals surface area contributed by atoms with Crippen LogP contribution in [0, 0.1) is 0 Å². The largest absolute Gasteiger partial charge is 0.311 e. The summed E-state index contributed by atoms with van der Waals surface area (Å²) in [6.07, 6.45) is 0. The van der Waals surface area contributed by atoms with Crippen molar-refractivity contribution in [2.24, 2.45) is 0 Å². The Morgan fingerprint density at radius 2 is 0.750 bits per heavy atom. The zero-order chi connectivity index (χ0) is 40.5. The monoisotopic (exact) mass is 786 g/mol. The number of hydrogen-bond donors (Lipinski definition) is 0. The van der Waals surface area contributed by atoms with Crippen molar-refractivity contribution >= 4 is 62.9 Å². The van der Waals surface area contributed by atoms with E-state index in [9.17, 15) is 0 Å². The third-order valence-corrected chi connectivity index (χ3v) is 17.2. The van der Waals surface area contributed by atoms with Gasteiger partial charge in [0.1, 0.15) is 0 Å². The second-order valence-electron chi connectivity index (χ2n) is 16.1. The number of anilines is 6. The summed E-state index contributed by atoms with van der Waals surface area (Å²) < 4.78 is 0. The highest BCUT2D eigenvalue weighted by molar-refractivity contribution is 7.20. The quantitative estimate of drug-likeness (QED) is 0.101. The standard InChI is InChI=1S/C57H46N2Si/c1-57(2)53-36-19-18-35-51(53)52-40-39-47(42-54(52)57)58(43-23-8-3-9-24-43)46-29-22-34-50(41-46)60(48-30-14-6-15-31-48,49-32-16-7-17-33-49)56-38-21-20-37-55(56)59(44-25-10-4-11-26-44)45-27-12-5-13-28-45/h3-42H,1-2H3. The van der Waals surface area contributed by atoms with E-state index in [2.05, 4.69) is 266 Å². The van der Waals surface area contributed by atoms with E-state index in [1.54, 1.807) is 0 Å². The average molecular weight is 787 g/mol. The summed E-state index contributed by atoms with van der Waals surface area (Å²) in [5, 5.41) is 5.27. The molecule has 288 valence electrons. The Labute approximate surface area is 355 Å². The molecule has 0 spiro atoms. The van der Waals surface area contributed by atoms with Gasteiger partial charge >= 0.3 is 0 Å². The van der Waals surface area contributed by atoms with Crippen molar-refractivity contribution < 1.29 is 0 Å². The first-order chi connectivity index (χ1) is 29.5. The van der Waals surface area contributed by atoms with E-state index in [-0.39, 0.29) is 5.41 Å². The molecule has 0 N–H and O–H groups in total. The van der Waals surface area contributed by atoms with Gasteiger partial charge in [-0.3, -0.25) is 0 Å². The Kier molecular flexibility index (Phi) is 9.59. The average Bonchev–Trinajstić information content (AvgIpc) is 3.54. The van der Waals surface area contributed by atoms with Crippen LogP contribution in [-0.2, 0) is 5.41 Å². The summed E-state index contributed by atoms with van der Waals surface area (Å²) in [6.45, 7) is 4.72. The van der Waals surface area contributed by atoms with E-state index in [1.807, 2.05) is 0 Å². The van der Waals surface area contributed by atoms with Gasteiger partial charge in [0, 0.05) is 39.5 Å². The molecule has 9 aromatic rings. The summed E-state index contributed by atoms with van der Waals surface area (Å²) in [5.41, 5.74) is 12.0. The minimum absolute atomic E-state index is 0.123. The van der Waals surface area contributed by atoms with E-state index in [0.29, 0.717) is 0 Å². The first kappa shape index (κ1) is 37.1. The molecule has 0 aliphatic heterocycles. The molecule has 0 unspecified atom stereocenters. The van der Waals surface area contributed by atoms with Gasteiger partial charge in [-0.1, -0.05) is 190 Å². The molecule has 0 amide bonds. The number of fused-ring (bicyclic) bond motifs is 3. The highest BCUT2D eigenvalue weighted by atomic mass is 28.3. The molecule has 9 aromatic carbocycles. The second-order valence-corrected chi connectivity index (χ2v) is 19.9. The maximum Gasteiger partial charge on any atom is 0.181 e.